The van der Waals surface area contributed by atoms with Crippen LogP contribution in [0.4, 0.5) is 5.69 Å². The Morgan fingerprint density at radius 3 is 2.47 bits per heavy atom. The third kappa shape index (κ3) is 5.75. The van der Waals surface area contributed by atoms with E-state index in [1.807, 2.05) is 31.2 Å². The number of carbonyl (C=O) groups is 1. The summed E-state index contributed by atoms with van der Waals surface area (Å²) in [4.78, 5) is 14.0. The number of hydrogen-bond acceptors (Lipinski definition) is 3. The molecule has 1 aromatic carbocycles. The summed E-state index contributed by atoms with van der Waals surface area (Å²) in [6.07, 6.45) is 0.954. The van der Waals surface area contributed by atoms with Gasteiger partial charge in [-0.05, 0) is 37.6 Å². The molecule has 4 nitrogen and oxygen atoms in total. The number of hydrogen-bond donors (Lipinski definition) is 2. The van der Waals surface area contributed by atoms with Gasteiger partial charge in [0.1, 0.15) is 0 Å². The fourth-order valence-corrected chi connectivity index (χ4v) is 1.79. The second-order valence-corrected chi connectivity index (χ2v) is 4.92. The van der Waals surface area contributed by atoms with Crippen LogP contribution in [0.1, 0.15) is 32.8 Å². The zero-order chi connectivity index (χ0) is 14.3. The van der Waals surface area contributed by atoms with Crippen LogP contribution in [0.2, 0.25) is 0 Å². The molecule has 1 amide bonds. The molecule has 0 heterocycles. The largest absolute Gasteiger partial charge is 0.399 e. The quantitative estimate of drug-likeness (QED) is 0.740. The van der Waals surface area contributed by atoms with E-state index < -0.39 is 0 Å². The zero-order valence-electron chi connectivity index (χ0n) is 12.1. The first kappa shape index (κ1) is 15.5. The van der Waals surface area contributed by atoms with Crippen molar-refractivity contribution in [2.75, 3.05) is 18.8 Å². The first-order valence-electron chi connectivity index (χ1n) is 6.91. The van der Waals surface area contributed by atoms with Gasteiger partial charge >= 0.3 is 0 Å². The van der Waals surface area contributed by atoms with E-state index in [0.29, 0.717) is 6.54 Å². The Hall–Kier alpha value is -1.55. The van der Waals surface area contributed by atoms with E-state index in [1.165, 1.54) is 5.56 Å². The summed E-state index contributed by atoms with van der Waals surface area (Å²) >= 11 is 0. The van der Waals surface area contributed by atoms with Gasteiger partial charge in [0.15, 0.2) is 0 Å². The highest BCUT2D eigenvalue weighted by Gasteiger charge is 2.11. The third-order valence-electron chi connectivity index (χ3n) is 3.22. The lowest BCUT2D eigenvalue weighted by atomic mass is 10.2. The maximum atomic E-state index is 11.9. The minimum Gasteiger partial charge on any atom is -0.399 e. The van der Waals surface area contributed by atoms with Gasteiger partial charge in [0.05, 0.1) is 6.54 Å². The molecular weight excluding hydrogens is 238 g/mol. The summed E-state index contributed by atoms with van der Waals surface area (Å²) in [5.41, 5.74) is 7.60. The molecule has 106 valence electrons. The van der Waals surface area contributed by atoms with E-state index in [9.17, 15) is 4.79 Å². The maximum absolute atomic E-state index is 11.9. The Morgan fingerprint density at radius 1 is 1.32 bits per heavy atom. The lowest BCUT2D eigenvalue weighted by molar-refractivity contribution is -0.122. The predicted molar refractivity (Wildman–Crippen MR) is 79.7 cm³/mol. The minimum absolute atomic E-state index is 0.0895. The van der Waals surface area contributed by atoms with Crippen LogP contribution in [-0.2, 0) is 11.3 Å². The first-order valence-corrected chi connectivity index (χ1v) is 6.91. The normalized spacial score (nSPS) is 12.4. The Kier molecular flexibility index (Phi) is 6.36. The number of carbonyl (C=O) groups excluding carboxylic acids is 1. The molecule has 0 saturated carbocycles. The van der Waals surface area contributed by atoms with Gasteiger partial charge in [-0.2, -0.15) is 0 Å². The fraction of sp³-hybridized carbons (Fsp3) is 0.533. The van der Waals surface area contributed by atoms with Crippen LogP contribution in [-0.4, -0.2) is 29.9 Å². The number of likely N-dealkylation sites (N-methyl/N-ethyl adjacent to an activating group) is 1. The van der Waals surface area contributed by atoms with Gasteiger partial charge in [-0.25, -0.2) is 0 Å². The molecule has 1 rings (SSSR count). The molecule has 0 aromatic heterocycles. The highest BCUT2D eigenvalue weighted by Crippen LogP contribution is 2.08. The molecule has 4 heteroatoms. The molecule has 0 saturated heterocycles. The number of benzene rings is 1. The van der Waals surface area contributed by atoms with Crippen molar-refractivity contribution in [1.82, 2.24) is 10.2 Å². The number of rotatable bonds is 7. The number of anilines is 1. The van der Waals surface area contributed by atoms with E-state index in [0.717, 1.165) is 25.2 Å². The van der Waals surface area contributed by atoms with Crippen LogP contribution in [0, 0.1) is 0 Å². The lowest BCUT2D eigenvalue weighted by Gasteiger charge is -2.21. The summed E-state index contributed by atoms with van der Waals surface area (Å²) in [7, 11) is 0. The molecule has 0 bridgehead atoms. The average molecular weight is 263 g/mol. The summed E-state index contributed by atoms with van der Waals surface area (Å²) in [6, 6.07) is 8.03. The summed E-state index contributed by atoms with van der Waals surface area (Å²) in [5.74, 6) is 0.0895. The number of nitrogen functional groups attached to an aromatic ring is 1. The first-order chi connectivity index (χ1) is 9.05. The number of amides is 1. The van der Waals surface area contributed by atoms with Gasteiger partial charge in [0, 0.05) is 18.3 Å². The smallest absolute Gasteiger partial charge is 0.234 e. The van der Waals surface area contributed by atoms with Crippen molar-refractivity contribution >= 4 is 11.6 Å². The fourth-order valence-electron chi connectivity index (χ4n) is 1.79. The zero-order valence-corrected chi connectivity index (χ0v) is 12.1. The Labute approximate surface area is 116 Å². The Bertz CT molecular complexity index is 389. The highest BCUT2D eigenvalue weighted by atomic mass is 16.2. The Balaban J connectivity index is 2.49. The molecule has 0 aliphatic carbocycles. The minimum atomic E-state index is 0.0895. The van der Waals surface area contributed by atoms with E-state index >= 15 is 0 Å². The third-order valence-corrected chi connectivity index (χ3v) is 3.22. The van der Waals surface area contributed by atoms with Crippen LogP contribution in [0.15, 0.2) is 24.3 Å². The number of nitrogens with zero attached hydrogens (tertiary/aromatic N) is 1. The predicted octanol–water partition coefficient (Wildman–Crippen LogP) is 2.01. The van der Waals surface area contributed by atoms with Gasteiger partial charge in [-0.1, -0.05) is 26.0 Å². The van der Waals surface area contributed by atoms with Crippen molar-refractivity contribution in [3.05, 3.63) is 29.8 Å². The molecule has 0 fully saturated rings. The molecule has 0 spiro atoms. The van der Waals surface area contributed by atoms with Crippen LogP contribution >= 0.6 is 0 Å². The maximum Gasteiger partial charge on any atom is 0.234 e. The Morgan fingerprint density at radius 2 is 1.95 bits per heavy atom. The van der Waals surface area contributed by atoms with E-state index in [2.05, 4.69) is 24.1 Å². The van der Waals surface area contributed by atoms with Crippen molar-refractivity contribution in [3.63, 3.8) is 0 Å². The number of nitrogens with one attached hydrogen (secondary N) is 1. The number of nitrogens with two attached hydrogens (primary N) is 1. The van der Waals surface area contributed by atoms with Crippen LogP contribution < -0.4 is 11.1 Å². The molecule has 1 aromatic rings. The topological polar surface area (TPSA) is 58.4 Å². The SMILES string of the molecule is CCC(C)NC(=O)CN(CC)Cc1ccc(N)cc1. The van der Waals surface area contributed by atoms with E-state index in [1.54, 1.807) is 0 Å². The van der Waals surface area contributed by atoms with Gasteiger partial charge in [0.25, 0.3) is 0 Å². The van der Waals surface area contributed by atoms with Gasteiger partial charge in [-0.3, -0.25) is 9.69 Å². The van der Waals surface area contributed by atoms with Crippen molar-refractivity contribution in [1.29, 1.82) is 0 Å². The monoisotopic (exact) mass is 263 g/mol. The molecule has 1 atom stereocenters. The molecule has 19 heavy (non-hydrogen) atoms. The van der Waals surface area contributed by atoms with Crippen molar-refractivity contribution in [2.24, 2.45) is 0 Å². The van der Waals surface area contributed by atoms with Gasteiger partial charge in [-0.15, -0.1) is 0 Å². The molecule has 0 aliphatic heterocycles. The summed E-state index contributed by atoms with van der Waals surface area (Å²) in [5, 5.41) is 2.99. The second kappa shape index (κ2) is 7.79. The van der Waals surface area contributed by atoms with E-state index in [4.69, 9.17) is 5.73 Å². The lowest BCUT2D eigenvalue weighted by Crippen LogP contribution is -2.40. The average Bonchev–Trinajstić information content (AvgIpc) is 2.40. The second-order valence-electron chi connectivity index (χ2n) is 4.92. The van der Waals surface area contributed by atoms with Crippen LogP contribution in [0.5, 0.6) is 0 Å². The molecule has 1 unspecified atom stereocenters. The highest BCUT2D eigenvalue weighted by molar-refractivity contribution is 5.78. The summed E-state index contributed by atoms with van der Waals surface area (Å²) < 4.78 is 0. The van der Waals surface area contributed by atoms with Crippen molar-refractivity contribution < 1.29 is 4.79 Å². The van der Waals surface area contributed by atoms with Crippen LogP contribution in [0.25, 0.3) is 0 Å². The van der Waals surface area contributed by atoms with Crippen molar-refractivity contribution in [2.45, 2.75) is 39.8 Å². The summed E-state index contributed by atoms with van der Waals surface area (Å²) in [6.45, 7) is 8.20. The van der Waals surface area contributed by atoms with Crippen molar-refractivity contribution in [3.8, 4) is 0 Å². The molecule has 3 N–H and O–H groups in total. The van der Waals surface area contributed by atoms with Crippen LogP contribution in [0.3, 0.4) is 0 Å². The van der Waals surface area contributed by atoms with Gasteiger partial charge < -0.3 is 11.1 Å². The molecule has 0 radical (unpaired) electrons. The van der Waals surface area contributed by atoms with Gasteiger partial charge in [0.2, 0.25) is 5.91 Å². The molecule has 0 aliphatic rings. The van der Waals surface area contributed by atoms with E-state index in [-0.39, 0.29) is 11.9 Å². The standard InChI is InChI=1S/C15H25N3O/c1-4-12(3)17-15(19)11-18(5-2)10-13-6-8-14(16)9-7-13/h6-9,12H,4-5,10-11,16H2,1-3H3,(H,17,19). The molecular formula is C15H25N3O.